The van der Waals surface area contributed by atoms with Crippen LogP contribution in [0.1, 0.15) is 49.8 Å². The van der Waals surface area contributed by atoms with Crippen LogP contribution in [0, 0.1) is 13.8 Å². The van der Waals surface area contributed by atoms with Crippen LogP contribution in [0.15, 0.2) is 78.9 Å². The number of carbonyl (C=O) groups is 2. The van der Waals surface area contributed by atoms with Gasteiger partial charge in [0, 0.05) is 38.8 Å². The van der Waals surface area contributed by atoms with Crippen molar-refractivity contribution >= 4 is 65.0 Å². The van der Waals surface area contributed by atoms with Gasteiger partial charge in [-0.15, -0.1) is 0 Å². The largest absolute Gasteiger partial charge is 0.354 e. The molecule has 2 aromatic carbocycles. The van der Waals surface area contributed by atoms with Gasteiger partial charge in [-0.25, -0.2) is 9.97 Å². The molecule has 0 spiro atoms. The zero-order valence-electron chi connectivity index (χ0n) is 24.3. The highest BCUT2D eigenvalue weighted by molar-refractivity contribution is 5.98. The van der Waals surface area contributed by atoms with Crippen molar-refractivity contribution in [2.75, 3.05) is 0 Å². The first kappa shape index (κ1) is 27.0. The number of rotatable bonds is 5. The lowest BCUT2D eigenvalue weighted by Crippen LogP contribution is -1.93. The molecule has 5 aromatic rings. The Morgan fingerprint density at radius 3 is 1.39 bits per heavy atom. The zero-order valence-corrected chi connectivity index (χ0v) is 24.3. The molecule has 44 heavy (non-hydrogen) atoms. The SMILES string of the molecule is Cc1ccc(-c2c3nc(c(C=O)c4nc(c(-c5ccc(C)cc5)c5ccc([nH]5)c(/C=C/C=O)c5ccc2[nH]5)C=C4)C=C3)cc1. The van der Waals surface area contributed by atoms with Crippen molar-refractivity contribution in [1.29, 1.82) is 0 Å². The molecule has 0 saturated carbocycles. The van der Waals surface area contributed by atoms with Gasteiger partial charge in [-0.2, -0.15) is 0 Å². The van der Waals surface area contributed by atoms with E-state index in [9.17, 15) is 9.59 Å². The fourth-order valence-electron chi connectivity index (χ4n) is 5.73. The molecule has 8 bridgehead atoms. The smallest absolute Gasteiger partial charge is 0.154 e. The molecule has 2 aliphatic heterocycles. The van der Waals surface area contributed by atoms with Gasteiger partial charge < -0.3 is 9.97 Å². The molecule has 0 unspecified atom stereocenters. The predicted molar refractivity (Wildman–Crippen MR) is 180 cm³/mol. The highest BCUT2D eigenvalue weighted by Gasteiger charge is 2.17. The quantitative estimate of drug-likeness (QED) is 0.160. The van der Waals surface area contributed by atoms with E-state index in [1.54, 1.807) is 0 Å². The summed E-state index contributed by atoms with van der Waals surface area (Å²) in [6.07, 6.45) is 12.5. The van der Waals surface area contributed by atoms with Crippen molar-refractivity contribution in [2.24, 2.45) is 0 Å². The molecular formula is C38H28N4O2. The third kappa shape index (κ3) is 4.82. The van der Waals surface area contributed by atoms with E-state index >= 15 is 0 Å². The lowest BCUT2D eigenvalue weighted by Gasteiger charge is -2.05. The van der Waals surface area contributed by atoms with E-state index in [0.29, 0.717) is 17.0 Å². The van der Waals surface area contributed by atoms with Crippen LogP contribution >= 0.6 is 0 Å². The first-order valence-electron chi connectivity index (χ1n) is 14.4. The molecule has 2 aliphatic rings. The molecule has 2 N–H and O–H groups in total. The number of hydrogen-bond donors (Lipinski definition) is 2. The van der Waals surface area contributed by atoms with Crippen LogP contribution in [0.25, 0.3) is 74.7 Å². The Kier molecular flexibility index (Phi) is 6.79. The Morgan fingerprint density at radius 1 is 0.523 bits per heavy atom. The molecule has 0 radical (unpaired) electrons. The maximum Gasteiger partial charge on any atom is 0.154 e. The number of carbonyl (C=O) groups excluding carboxylic acids is 2. The Balaban J connectivity index is 1.66. The van der Waals surface area contributed by atoms with Crippen molar-refractivity contribution in [3.8, 4) is 22.3 Å². The van der Waals surface area contributed by atoms with E-state index in [-0.39, 0.29) is 0 Å². The van der Waals surface area contributed by atoms with Crippen LogP contribution in [0.3, 0.4) is 0 Å². The van der Waals surface area contributed by atoms with Gasteiger partial charge in [-0.3, -0.25) is 9.59 Å². The van der Waals surface area contributed by atoms with Crippen LogP contribution in [0.4, 0.5) is 0 Å². The third-order valence-electron chi connectivity index (χ3n) is 7.97. The van der Waals surface area contributed by atoms with Crippen LogP contribution in [0.2, 0.25) is 0 Å². The summed E-state index contributed by atoms with van der Waals surface area (Å²) in [6, 6.07) is 24.6. The Morgan fingerprint density at radius 2 is 0.955 bits per heavy atom. The zero-order chi connectivity index (χ0) is 30.2. The number of nitrogens with one attached hydrogen (secondary N) is 2. The number of nitrogens with zero attached hydrogens (tertiary/aromatic N) is 2. The summed E-state index contributed by atoms with van der Waals surface area (Å²) in [6.45, 7) is 4.11. The second kappa shape index (κ2) is 11.1. The maximum absolute atomic E-state index is 12.5. The fraction of sp³-hybridized carbons (Fsp3) is 0.0526. The molecule has 0 atom stereocenters. The average molecular weight is 573 g/mol. The first-order valence-corrected chi connectivity index (χ1v) is 14.4. The van der Waals surface area contributed by atoms with E-state index in [4.69, 9.17) is 9.97 Å². The normalized spacial score (nSPS) is 12.2. The number of allylic oxidation sites excluding steroid dienone is 1. The Hall–Kier alpha value is -5.88. The summed E-state index contributed by atoms with van der Waals surface area (Å²) < 4.78 is 0. The van der Waals surface area contributed by atoms with Crippen LogP contribution in [-0.2, 0) is 4.79 Å². The summed E-state index contributed by atoms with van der Waals surface area (Å²) in [5.74, 6) is 0. The minimum Gasteiger partial charge on any atom is -0.354 e. The number of benzene rings is 2. The third-order valence-corrected chi connectivity index (χ3v) is 7.97. The Labute approximate surface area is 254 Å². The summed E-state index contributed by atoms with van der Waals surface area (Å²) in [5, 5.41) is 0. The van der Waals surface area contributed by atoms with E-state index in [2.05, 4.69) is 72.3 Å². The van der Waals surface area contributed by atoms with Crippen LogP contribution in [0.5, 0.6) is 0 Å². The summed E-state index contributed by atoms with van der Waals surface area (Å²) in [5.41, 5.74) is 13.3. The molecule has 6 nitrogen and oxygen atoms in total. The van der Waals surface area contributed by atoms with Crippen LogP contribution < -0.4 is 0 Å². The van der Waals surface area contributed by atoms with E-state index in [0.717, 1.165) is 85.0 Å². The van der Waals surface area contributed by atoms with Gasteiger partial charge in [-0.05, 0) is 85.7 Å². The highest BCUT2D eigenvalue weighted by Crippen LogP contribution is 2.34. The molecule has 6 heteroatoms. The molecule has 0 amide bonds. The predicted octanol–water partition coefficient (Wildman–Crippen LogP) is 8.63. The Bertz CT molecular complexity index is 2070. The van der Waals surface area contributed by atoms with Crippen molar-refractivity contribution in [1.82, 2.24) is 19.9 Å². The summed E-state index contributed by atoms with van der Waals surface area (Å²) in [4.78, 5) is 41.1. The number of fused-ring (bicyclic) bond motifs is 8. The van der Waals surface area contributed by atoms with Crippen molar-refractivity contribution < 1.29 is 9.59 Å². The molecule has 0 aliphatic carbocycles. The second-order valence-electron chi connectivity index (χ2n) is 10.9. The van der Waals surface area contributed by atoms with Crippen molar-refractivity contribution in [3.05, 3.63) is 124 Å². The fourth-order valence-corrected chi connectivity index (χ4v) is 5.73. The second-order valence-corrected chi connectivity index (χ2v) is 10.9. The number of H-pyrrole nitrogens is 2. The van der Waals surface area contributed by atoms with Gasteiger partial charge in [-0.1, -0.05) is 59.7 Å². The topological polar surface area (TPSA) is 91.5 Å². The minimum atomic E-state index is 0.426. The molecule has 212 valence electrons. The monoisotopic (exact) mass is 572 g/mol. The molecule has 5 heterocycles. The summed E-state index contributed by atoms with van der Waals surface area (Å²) in [7, 11) is 0. The molecule has 0 fully saturated rings. The highest BCUT2D eigenvalue weighted by atomic mass is 16.1. The number of aromatic amines is 2. The summed E-state index contributed by atoms with van der Waals surface area (Å²) >= 11 is 0. The van der Waals surface area contributed by atoms with E-state index < -0.39 is 0 Å². The van der Waals surface area contributed by atoms with E-state index in [1.807, 2.05) is 54.6 Å². The first-order chi connectivity index (χ1) is 21.5. The van der Waals surface area contributed by atoms with E-state index in [1.165, 1.54) is 6.08 Å². The number of aldehydes is 2. The standard InChI is InChI=1S/C38H28N4O2/c1-23-5-9-25(10-6-23)37-33-17-13-29(39-33)27(4-3-21-43)30-14-18-34(40-30)38(26-11-7-24(2)8-12-26)36-20-16-32(42-36)28(22-44)31-15-19-35(37)41-31/h3-22,39-40H,1-2H3/b4-3+,29-27?,30-27?,31-28?,32-28?,37-33?,37-35?,38-34?,38-36?. The van der Waals surface area contributed by atoms with Gasteiger partial charge >= 0.3 is 0 Å². The van der Waals surface area contributed by atoms with Crippen molar-refractivity contribution in [3.63, 3.8) is 0 Å². The number of aryl methyl sites for hydroxylation is 2. The van der Waals surface area contributed by atoms with Crippen LogP contribution in [-0.4, -0.2) is 32.5 Å². The molecular weight excluding hydrogens is 544 g/mol. The van der Waals surface area contributed by atoms with Gasteiger partial charge in [0.05, 0.1) is 28.3 Å². The van der Waals surface area contributed by atoms with Gasteiger partial charge in [0.25, 0.3) is 0 Å². The molecule has 7 rings (SSSR count). The number of hydrogen-bond acceptors (Lipinski definition) is 4. The number of aromatic nitrogens is 4. The molecule has 3 aromatic heterocycles. The lowest BCUT2D eigenvalue weighted by atomic mass is 10.0. The van der Waals surface area contributed by atoms with Gasteiger partial charge in [0.15, 0.2) is 6.29 Å². The maximum atomic E-state index is 12.5. The van der Waals surface area contributed by atoms with Crippen molar-refractivity contribution in [2.45, 2.75) is 13.8 Å². The average Bonchev–Trinajstić information content (AvgIpc) is 3.86. The van der Waals surface area contributed by atoms with Gasteiger partial charge in [0.1, 0.15) is 6.29 Å². The molecule has 0 saturated heterocycles. The lowest BCUT2D eigenvalue weighted by molar-refractivity contribution is -0.104. The van der Waals surface area contributed by atoms with Gasteiger partial charge in [0.2, 0.25) is 0 Å². The minimum absolute atomic E-state index is 0.426.